The van der Waals surface area contributed by atoms with Crippen LogP contribution in [0.1, 0.15) is 40.5 Å². The summed E-state index contributed by atoms with van der Waals surface area (Å²) in [5.74, 6) is 1.64. The van der Waals surface area contributed by atoms with E-state index in [-0.39, 0.29) is 0 Å². The zero-order valence-electron chi connectivity index (χ0n) is 13.8. The molecule has 1 aliphatic heterocycles. The minimum atomic E-state index is 0.673. The molecule has 1 heterocycles. The van der Waals surface area contributed by atoms with Crippen molar-refractivity contribution in [2.24, 2.45) is 11.8 Å². The Morgan fingerprint density at radius 1 is 1.26 bits per heavy atom. The highest BCUT2D eigenvalue weighted by atomic mass is 15.2. The Kier molecular flexibility index (Phi) is 7.96. The summed E-state index contributed by atoms with van der Waals surface area (Å²) >= 11 is 0. The van der Waals surface area contributed by atoms with Crippen molar-refractivity contribution in [3.8, 4) is 0 Å². The second-order valence-corrected chi connectivity index (χ2v) is 6.94. The number of rotatable bonds is 9. The first kappa shape index (κ1) is 16.9. The van der Waals surface area contributed by atoms with E-state index in [2.05, 4.69) is 49.9 Å². The van der Waals surface area contributed by atoms with Gasteiger partial charge in [0.05, 0.1) is 0 Å². The summed E-state index contributed by atoms with van der Waals surface area (Å²) in [6.45, 7) is 16.6. The van der Waals surface area contributed by atoms with Gasteiger partial charge in [-0.1, -0.05) is 13.8 Å². The maximum absolute atomic E-state index is 3.60. The third-order valence-electron chi connectivity index (χ3n) is 4.22. The maximum Gasteiger partial charge on any atom is 0.00355 e. The molecule has 1 N–H and O–H groups in total. The molecule has 0 aromatic heterocycles. The second kappa shape index (κ2) is 8.93. The minimum absolute atomic E-state index is 0.673. The molecular weight excluding hydrogens is 234 g/mol. The SMILES string of the molecule is CC(C)CNCC1CCN(CCCN(C)C(C)C)C1. The molecule has 0 amide bonds. The molecule has 114 valence electrons. The van der Waals surface area contributed by atoms with Crippen molar-refractivity contribution in [2.75, 3.05) is 46.3 Å². The van der Waals surface area contributed by atoms with Crippen LogP contribution in [-0.4, -0.2) is 62.2 Å². The van der Waals surface area contributed by atoms with E-state index >= 15 is 0 Å². The summed E-state index contributed by atoms with van der Waals surface area (Å²) in [6, 6.07) is 0.673. The van der Waals surface area contributed by atoms with Gasteiger partial charge in [0.1, 0.15) is 0 Å². The number of nitrogens with one attached hydrogen (secondary N) is 1. The fraction of sp³-hybridized carbons (Fsp3) is 1.00. The molecule has 0 radical (unpaired) electrons. The van der Waals surface area contributed by atoms with Crippen LogP contribution in [0.3, 0.4) is 0 Å². The van der Waals surface area contributed by atoms with Gasteiger partial charge >= 0.3 is 0 Å². The molecule has 0 aromatic rings. The fourth-order valence-electron chi connectivity index (χ4n) is 2.66. The molecule has 1 aliphatic rings. The zero-order chi connectivity index (χ0) is 14.3. The van der Waals surface area contributed by atoms with Crippen molar-refractivity contribution in [3.05, 3.63) is 0 Å². The third kappa shape index (κ3) is 7.28. The Morgan fingerprint density at radius 3 is 2.63 bits per heavy atom. The van der Waals surface area contributed by atoms with Crippen LogP contribution in [0.15, 0.2) is 0 Å². The van der Waals surface area contributed by atoms with Crippen molar-refractivity contribution in [1.82, 2.24) is 15.1 Å². The molecule has 0 aliphatic carbocycles. The topological polar surface area (TPSA) is 18.5 Å². The first-order chi connectivity index (χ1) is 8.99. The number of hydrogen-bond acceptors (Lipinski definition) is 3. The van der Waals surface area contributed by atoms with Crippen molar-refractivity contribution in [3.63, 3.8) is 0 Å². The van der Waals surface area contributed by atoms with Gasteiger partial charge in [-0.15, -0.1) is 0 Å². The smallest absolute Gasteiger partial charge is 0.00355 e. The van der Waals surface area contributed by atoms with Gasteiger partial charge < -0.3 is 15.1 Å². The maximum atomic E-state index is 3.60. The average Bonchev–Trinajstić information content (AvgIpc) is 2.76. The van der Waals surface area contributed by atoms with Gasteiger partial charge in [0, 0.05) is 12.6 Å². The van der Waals surface area contributed by atoms with Gasteiger partial charge in [-0.2, -0.15) is 0 Å². The Morgan fingerprint density at radius 2 is 2.00 bits per heavy atom. The second-order valence-electron chi connectivity index (χ2n) is 6.94. The van der Waals surface area contributed by atoms with Gasteiger partial charge in [-0.05, 0) is 78.3 Å². The molecule has 3 nitrogen and oxygen atoms in total. The van der Waals surface area contributed by atoms with Gasteiger partial charge in [0.15, 0.2) is 0 Å². The van der Waals surface area contributed by atoms with Crippen LogP contribution in [0.25, 0.3) is 0 Å². The Hall–Kier alpha value is -0.120. The van der Waals surface area contributed by atoms with Crippen molar-refractivity contribution in [2.45, 2.75) is 46.6 Å². The lowest BCUT2D eigenvalue weighted by molar-refractivity contribution is 0.242. The van der Waals surface area contributed by atoms with E-state index in [1.807, 2.05) is 0 Å². The normalized spacial score (nSPS) is 21.2. The lowest BCUT2D eigenvalue weighted by Crippen LogP contribution is -2.32. The van der Waals surface area contributed by atoms with Crippen LogP contribution in [0, 0.1) is 11.8 Å². The Bertz CT molecular complexity index is 228. The highest BCUT2D eigenvalue weighted by molar-refractivity contribution is 4.77. The first-order valence-electron chi connectivity index (χ1n) is 8.12. The van der Waals surface area contributed by atoms with Crippen molar-refractivity contribution < 1.29 is 0 Å². The van der Waals surface area contributed by atoms with Crippen LogP contribution < -0.4 is 5.32 Å². The van der Waals surface area contributed by atoms with Crippen LogP contribution >= 0.6 is 0 Å². The van der Waals surface area contributed by atoms with Gasteiger partial charge in [0.25, 0.3) is 0 Å². The summed E-state index contributed by atoms with van der Waals surface area (Å²) in [6.07, 6.45) is 2.69. The Labute approximate surface area is 120 Å². The largest absolute Gasteiger partial charge is 0.316 e. The first-order valence-corrected chi connectivity index (χ1v) is 8.12. The number of hydrogen-bond donors (Lipinski definition) is 1. The van der Waals surface area contributed by atoms with Crippen LogP contribution in [0.5, 0.6) is 0 Å². The predicted octanol–water partition coefficient (Wildman–Crippen LogP) is 2.28. The summed E-state index contributed by atoms with van der Waals surface area (Å²) in [5.41, 5.74) is 0. The zero-order valence-corrected chi connectivity index (χ0v) is 13.8. The molecule has 19 heavy (non-hydrogen) atoms. The molecule has 0 spiro atoms. The molecule has 1 fully saturated rings. The standard InChI is InChI=1S/C16H35N3/c1-14(2)11-17-12-16-7-10-19(13-16)9-6-8-18(5)15(3)4/h14-17H,6-13H2,1-5H3. The third-order valence-corrected chi connectivity index (χ3v) is 4.22. The van der Waals surface area contributed by atoms with Gasteiger partial charge in [0.2, 0.25) is 0 Å². The summed E-state index contributed by atoms with van der Waals surface area (Å²) in [5, 5.41) is 3.60. The molecule has 0 aromatic carbocycles. The lowest BCUT2D eigenvalue weighted by Gasteiger charge is -2.23. The van der Waals surface area contributed by atoms with E-state index < -0.39 is 0 Å². The monoisotopic (exact) mass is 269 g/mol. The number of nitrogens with zero attached hydrogens (tertiary/aromatic N) is 2. The molecule has 3 heteroatoms. The van der Waals surface area contributed by atoms with Crippen LogP contribution in [0.4, 0.5) is 0 Å². The highest BCUT2D eigenvalue weighted by Gasteiger charge is 2.21. The molecule has 1 unspecified atom stereocenters. The molecule has 1 rings (SSSR count). The summed E-state index contributed by atoms with van der Waals surface area (Å²) < 4.78 is 0. The van der Waals surface area contributed by atoms with E-state index in [0.717, 1.165) is 18.4 Å². The van der Waals surface area contributed by atoms with E-state index in [9.17, 15) is 0 Å². The Balaban J connectivity index is 2.05. The quantitative estimate of drug-likeness (QED) is 0.693. The van der Waals surface area contributed by atoms with Gasteiger partial charge in [-0.3, -0.25) is 0 Å². The molecule has 0 bridgehead atoms. The van der Waals surface area contributed by atoms with Crippen LogP contribution in [0.2, 0.25) is 0 Å². The number of likely N-dealkylation sites (tertiary alicyclic amines) is 1. The van der Waals surface area contributed by atoms with E-state index in [1.165, 1.54) is 45.6 Å². The molecule has 0 saturated carbocycles. The van der Waals surface area contributed by atoms with E-state index in [4.69, 9.17) is 0 Å². The average molecular weight is 269 g/mol. The minimum Gasteiger partial charge on any atom is -0.316 e. The van der Waals surface area contributed by atoms with E-state index in [1.54, 1.807) is 0 Å². The fourth-order valence-corrected chi connectivity index (χ4v) is 2.66. The van der Waals surface area contributed by atoms with Gasteiger partial charge in [-0.25, -0.2) is 0 Å². The molecule has 1 saturated heterocycles. The highest BCUT2D eigenvalue weighted by Crippen LogP contribution is 2.15. The lowest BCUT2D eigenvalue weighted by atomic mass is 10.1. The van der Waals surface area contributed by atoms with Crippen molar-refractivity contribution in [1.29, 1.82) is 0 Å². The van der Waals surface area contributed by atoms with Crippen LogP contribution in [-0.2, 0) is 0 Å². The van der Waals surface area contributed by atoms with Crippen molar-refractivity contribution >= 4 is 0 Å². The molecular formula is C16H35N3. The van der Waals surface area contributed by atoms with E-state index in [0.29, 0.717) is 6.04 Å². The predicted molar refractivity (Wildman–Crippen MR) is 84.6 cm³/mol. The molecule has 1 atom stereocenters. The summed E-state index contributed by atoms with van der Waals surface area (Å²) in [4.78, 5) is 5.09. The summed E-state index contributed by atoms with van der Waals surface area (Å²) in [7, 11) is 2.23.